The van der Waals surface area contributed by atoms with Crippen molar-refractivity contribution in [3.05, 3.63) is 43.0 Å². The molecule has 0 amide bonds. The molecule has 0 aliphatic heterocycles. The minimum atomic E-state index is 0.839. The van der Waals surface area contributed by atoms with Gasteiger partial charge in [0.15, 0.2) is 0 Å². The summed E-state index contributed by atoms with van der Waals surface area (Å²) in [4.78, 5) is 3.85. The van der Waals surface area contributed by atoms with E-state index in [0.717, 1.165) is 11.4 Å². The third-order valence-electron chi connectivity index (χ3n) is 1.80. The zero-order valence-electron chi connectivity index (χ0n) is 7.27. The Hall–Kier alpha value is -1.77. The van der Waals surface area contributed by atoms with E-state index < -0.39 is 0 Å². The second-order valence-corrected chi connectivity index (χ2v) is 2.61. The third-order valence-corrected chi connectivity index (χ3v) is 1.80. The van der Waals surface area contributed by atoms with Crippen molar-refractivity contribution >= 4 is 0 Å². The molecule has 3 nitrogen and oxygen atoms in total. The first-order valence-corrected chi connectivity index (χ1v) is 3.94. The summed E-state index contributed by atoms with van der Waals surface area (Å²) >= 11 is 0. The highest BCUT2D eigenvalue weighted by atomic mass is 16.5. The third kappa shape index (κ3) is 1.54. The van der Waals surface area contributed by atoms with Crippen molar-refractivity contribution in [1.82, 2.24) is 9.55 Å². The van der Waals surface area contributed by atoms with Crippen LogP contribution in [0.4, 0.5) is 0 Å². The predicted octanol–water partition coefficient (Wildman–Crippen LogP) is 1.68. The Kier molecular flexibility index (Phi) is 2.00. The molecule has 0 saturated heterocycles. The van der Waals surface area contributed by atoms with Crippen LogP contribution in [0.25, 0.3) is 5.69 Å². The van der Waals surface area contributed by atoms with Gasteiger partial charge in [-0.05, 0) is 12.1 Å². The van der Waals surface area contributed by atoms with Gasteiger partial charge in [0.25, 0.3) is 0 Å². The Morgan fingerprint density at radius 1 is 1.46 bits per heavy atom. The number of nitrogens with zero attached hydrogens (tertiary/aromatic N) is 2. The molecule has 0 N–H and O–H groups in total. The molecule has 1 radical (unpaired) electrons. The van der Waals surface area contributed by atoms with Gasteiger partial charge < -0.3 is 9.30 Å². The average molecular weight is 173 g/mol. The molecule has 13 heavy (non-hydrogen) atoms. The van der Waals surface area contributed by atoms with Crippen LogP contribution >= 0.6 is 0 Å². The molecule has 0 aliphatic rings. The molecule has 2 aromatic rings. The van der Waals surface area contributed by atoms with Gasteiger partial charge in [-0.1, -0.05) is 6.07 Å². The molecule has 0 fully saturated rings. The Morgan fingerprint density at radius 2 is 2.38 bits per heavy atom. The maximum absolute atomic E-state index is 5.11. The average Bonchev–Trinajstić information content (AvgIpc) is 2.71. The van der Waals surface area contributed by atoms with Gasteiger partial charge in [0, 0.05) is 12.3 Å². The van der Waals surface area contributed by atoms with E-state index in [9.17, 15) is 0 Å². The number of hydrogen-bond acceptors (Lipinski definition) is 2. The molecule has 0 saturated carbocycles. The van der Waals surface area contributed by atoms with Crippen LogP contribution in [-0.4, -0.2) is 16.7 Å². The quantitative estimate of drug-likeness (QED) is 0.690. The standard InChI is InChI=1S/C10H9N2O/c1-13-10-4-2-3-9(7-10)12-6-5-11-8-12/h2-4,6-8H,1H3. The van der Waals surface area contributed by atoms with Crippen LogP contribution in [0.15, 0.2) is 36.8 Å². The van der Waals surface area contributed by atoms with Crippen LogP contribution < -0.4 is 4.74 Å². The summed E-state index contributed by atoms with van der Waals surface area (Å²) < 4.78 is 6.99. The minimum Gasteiger partial charge on any atom is -0.497 e. The molecule has 0 bridgehead atoms. The molecule has 1 aromatic carbocycles. The first-order chi connectivity index (χ1) is 6.40. The van der Waals surface area contributed by atoms with Gasteiger partial charge in [-0.3, -0.25) is 0 Å². The lowest BCUT2D eigenvalue weighted by atomic mass is 10.3. The summed E-state index contributed by atoms with van der Waals surface area (Å²) in [6.45, 7) is 0. The molecular formula is C10H9N2O. The molecule has 1 heterocycles. The molecule has 65 valence electrons. The smallest absolute Gasteiger partial charge is 0.120 e. The van der Waals surface area contributed by atoms with E-state index in [4.69, 9.17) is 4.74 Å². The number of hydrogen-bond donors (Lipinski definition) is 0. The van der Waals surface area contributed by atoms with E-state index >= 15 is 0 Å². The highest BCUT2D eigenvalue weighted by molar-refractivity contribution is 5.38. The van der Waals surface area contributed by atoms with Crippen LogP contribution in [0.3, 0.4) is 0 Å². The molecular weight excluding hydrogens is 164 g/mol. The number of methoxy groups -OCH3 is 1. The Balaban J connectivity index is 2.41. The van der Waals surface area contributed by atoms with Crippen molar-refractivity contribution in [2.75, 3.05) is 7.11 Å². The molecule has 0 spiro atoms. The largest absolute Gasteiger partial charge is 0.497 e. The molecule has 2 rings (SSSR count). The highest BCUT2D eigenvalue weighted by Gasteiger charge is 1.96. The van der Waals surface area contributed by atoms with Gasteiger partial charge in [0.2, 0.25) is 0 Å². The normalized spacial score (nSPS) is 9.92. The Bertz CT molecular complexity index is 382. The van der Waals surface area contributed by atoms with Gasteiger partial charge in [-0.2, -0.15) is 0 Å². The van der Waals surface area contributed by atoms with Crippen LogP contribution in [0.2, 0.25) is 0 Å². The molecule has 1 aromatic heterocycles. The first kappa shape index (κ1) is 7.86. The fraction of sp³-hybridized carbons (Fsp3) is 0.100. The van der Waals surface area contributed by atoms with Gasteiger partial charge in [0.05, 0.1) is 19.1 Å². The van der Waals surface area contributed by atoms with Crippen molar-refractivity contribution in [3.63, 3.8) is 0 Å². The number of imidazole rings is 1. The number of rotatable bonds is 2. The van der Waals surface area contributed by atoms with Gasteiger partial charge in [-0.15, -0.1) is 0 Å². The highest BCUT2D eigenvalue weighted by Crippen LogP contribution is 2.15. The summed E-state index contributed by atoms with van der Waals surface area (Å²) in [6.07, 6.45) is 6.21. The second kappa shape index (κ2) is 3.31. The maximum atomic E-state index is 5.11. The first-order valence-electron chi connectivity index (χ1n) is 3.94. The fourth-order valence-electron chi connectivity index (χ4n) is 1.14. The van der Waals surface area contributed by atoms with Crippen LogP contribution in [0.5, 0.6) is 5.75 Å². The summed E-state index contributed by atoms with van der Waals surface area (Å²) in [5.41, 5.74) is 1.02. The Morgan fingerprint density at radius 3 is 3.08 bits per heavy atom. The Labute approximate surface area is 76.6 Å². The van der Waals surface area contributed by atoms with Crippen molar-refractivity contribution < 1.29 is 4.74 Å². The van der Waals surface area contributed by atoms with E-state index in [1.54, 1.807) is 19.6 Å². The van der Waals surface area contributed by atoms with E-state index in [2.05, 4.69) is 11.2 Å². The maximum Gasteiger partial charge on any atom is 0.120 e. The van der Waals surface area contributed by atoms with E-state index in [0.29, 0.717) is 0 Å². The monoisotopic (exact) mass is 173 g/mol. The van der Waals surface area contributed by atoms with Crippen molar-refractivity contribution in [1.29, 1.82) is 0 Å². The van der Waals surface area contributed by atoms with Crippen molar-refractivity contribution in [3.8, 4) is 11.4 Å². The van der Waals surface area contributed by atoms with Crippen LogP contribution in [0.1, 0.15) is 0 Å². The number of aromatic nitrogens is 2. The molecule has 3 heteroatoms. The van der Waals surface area contributed by atoms with Gasteiger partial charge in [0.1, 0.15) is 11.9 Å². The predicted molar refractivity (Wildman–Crippen MR) is 49.0 cm³/mol. The lowest BCUT2D eigenvalue weighted by molar-refractivity contribution is 0.414. The van der Waals surface area contributed by atoms with Gasteiger partial charge in [-0.25, -0.2) is 4.98 Å². The summed E-state index contributed by atoms with van der Waals surface area (Å²) in [6, 6.07) is 7.77. The van der Waals surface area contributed by atoms with Crippen molar-refractivity contribution in [2.45, 2.75) is 0 Å². The van der Waals surface area contributed by atoms with Crippen LogP contribution in [0, 0.1) is 6.20 Å². The second-order valence-electron chi connectivity index (χ2n) is 2.61. The molecule has 0 aliphatic carbocycles. The van der Waals surface area contributed by atoms with E-state index in [1.807, 2.05) is 28.8 Å². The van der Waals surface area contributed by atoms with E-state index in [-0.39, 0.29) is 0 Å². The number of ether oxygens (including phenoxy) is 1. The zero-order valence-corrected chi connectivity index (χ0v) is 7.27. The summed E-state index contributed by atoms with van der Waals surface area (Å²) in [5.74, 6) is 0.839. The molecule has 0 unspecified atom stereocenters. The zero-order chi connectivity index (χ0) is 9.10. The van der Waals surface area contributed by atoms with Gasteiger partial charge >= 0.3 is 0 Å². The van der Waals surface area contributed by atoms with Crippen LogP contribution in [-0.2, 0) is 0 Å². The topological polar surface area (TPSA) is 27.1 Å². The lowest BCUT2D eigenvalue weighted by Crippen LogP contribution is -1.90. The van der Waals surface area contributed by atoms with Crippen molar-refractivity contribution in [2.24, 2.45) is 0 Å². The number of benzene rings is 1. The van der Waals surface area contributed by atoms with E-state index in [1.165, 1.54) is 0 Å². The summed E-state index contributed by atoms with van der Waals surface area (Å²) in [5, 5.41) is 0. The summed E-state index contributed by atoms with van der Waals surface area (Å²) in [7, 11) is 1.65. The molecule has 0 atom stereocenters. The SMILES string of the molecule is COc1cccc(-n2c[c]nc2)c1. The fourth-order valence-corrected chi connectivity index (χ4v) is 1.14. The minimum absolute atomic E-state index is 0.839. The lowest BCUT2D eigenvalue weighted by Gasteiger charge is -2.03.